The minimum atomic E-state index is -1.18. The average molecular weight is 338 g/mol. The van der Waals surface area contributed by atoms with E-state index in [4.69, 9.17) is 14.2 Å². The Morgan fingerprint density at radius 1 is 1.38 bits per heavy atom. The molecule has 0 aromatic rings. The Hall–Kier alpha value is -1.39. The Labute approximate surface area is 145 Å². The van der Waals surface area contributed by atoms with Crippen molar-refractivity contribution < 1.29 is 19.3 Å². The number of nitriles is 1. The summed E-state index contributed by atoms with van der Waals surface area (Å²) in [6.07, 6.45) is 5.14. The van der Waals surface area contributed by atoms with Crippen LogP contribution in [-0.2, 0) is 14.2 Å². The van der Waals surface area contributed by atoms with Crippen molar-refractivity contribution in [2.45, 2.75) is 51.4 Å². The number of methoxy groups -OCH3 is 2. The third-order valence-corrected chi connectivity index (χ3v) is 4.03. The van der Waals surface area contributed by atoms with Gasteiger partial charge in [0.25, 0.3) is 0 Å². The monoisotopic (exact) mass is 338 g/mol. The summed E-state index contributed by atoms with van der Waals surface area (Å²) in [6, 6.07) is 2.10. The summed E-state index contributed by atoms with van der Waals surface area (Å²) in [5, 5.41) is 22.9. The van der Waals surface area contributed by atoms with Crippen molar-refractivity contribution in [1.29, 1.82) is 5.26 Å². The van der Waals surface area contributed by atoms with Crippen LogP contribution in [-0.4, -0.2) is 51.5 Å². The van der Waals surface area contributed by atoms with E-state index < -0.39 is 6.29 Å². The molecule has 1 aliphatic carbocycles. The third kappa shape index (κ3) is 7.45. The highest BCUT2D eigenvalue weighted by Gasteiger charge is 2.18. The van der Waals surface area contributed by atoms with Gasteiger partial charge in [-0.25, -0.2) is 0 Å². The second-order valence-electron chi connectivity index (χ2n) is 5.91. The van der Waals surface area contributed by atoms with Gasteiger partial charge in [-0.3, -0.25) is 0 Å². The van der Waals surface area contributed by atoms with E-state index in [1.807, 2.05) is 13.0 Å². The van der Waals surface area contributed by atoms with Gasteiger partial charge in [-0.2, -0.15) is 5.26 Å². The Morgan fingerprint density at radius 3 is 2.83 bits per heavy atom. The fourth-order valence-corrected chi connectivity index (χ4v) is 2.47. The van der Waals surface area contributed by atoms with E-state index >= 15 is 0 Å². The fourth-order valence-electron chi connectivity index (χ4n) is 2.47. The third-order valence-electron chi connectivity index (χ3n) is 4.03. The van der Waals surface area contributed by atoms with Crippen LogP contribution in [0.3, 0.4) is 0 Å². The lowest BCUT2D eigenvalue weighted by Crippen LogP contribution is -2.21. The topological polar surface area (TPSA) is 83.7 Å². The average Bonchev–Trinajstić information content (AvgIpc) is 2.59. The Kier molecular flexibility index (Phi) is 10.4. The number of hydrogen-bond donors (Lipinski definition) is 2. The molecule has 0 aromatic carbocycles. The van der Waals surface area contributed by atoms with Gasteiger partial charge in [-0.05, 0) is 50.7 Å². The van der Waals surface area contributed by atoms with E-state index in [1.54, 1.807) is 14.2 Å². The van der Waals surface area contributed by atoms with Crippen molar-refractivity contribution in [3.8, 4) is 6.07 Å². The molecule has 2 atom stereocenters. The molecule has 0 amide bonds. The van der Waals surface area contributed by atoms with E-state index in [-0.39, 0.29) is 6.10 Å². The highest BCUT2D eigenvalue weighted by Crippen LogP contribution is 2.25. The summed E-state index contributed by atoms with van der Waals surface area (Å²) in [5.74, 6) is 0. The first-order valence-electron chi connectivity index (χ1n) is 8.51. The molecule has 0 aliphatic heterocycles. The first-order chi connectivity index (χ1) is 11.6. The van der Waals surface area contributed by atoms with Gasteiger partial charge >= 0.3 is 0 Å². The predicted octanol–water partition coefficient (Wildman–Crippen LogP) is 2.26. The maximum Gasteiger partial charge on any atom is 0.191 e. The van der Waals surface area contributed by atoms with Crippen LogP contribution in [0.15, 0.2) is 22.9 Å². The van der Waals surface area contributed by atoms with Gasteiger partial charge < -0.3 is 24.6 Å². The zero-order valence-corrected chi connectivity index (χ0v) is 15.0. The molecule has 2 unspecified atom stereocenters. The molecule has 0 bridgehead atoms. The molecule has 0 aromatic heterocycles. The van der Waals surface area contributed by atoms with Crippen LogP contribution in [0.5, 0.6) is 0 Å². The van der Waals surface area contributed by atoms with Crippen LogP contribution in [0, 0.1) is 11.3 Å². The summed E-state index contributed by atoms with van der Waals surface area (Å²) >= 11 is 0. The summed E-state index contributed by atoms with van der Waals surface area (Å²) < 4.78 is 15.6. The largest absolute Gasteiger partial charge is 0.388 e. The lowest BCUT2D eigenvalue weighted by molar-refractivity contribution is -0.0782. The van der Waals surface area contributed by atoms with E-state index in [0.717, 1.165) is 50.1 Å². The van der Waals surface area contributed by atoms with Gasteiger partial charge in [0, 0.05) is 33.1 Å². The minimum absolute atomic E-state index is 0.0628. The number of aliphatic hydroxyl groups excluding tert-OH is 1. The number of ether oxygens (including phenoxy) is 3. The quantitative estimate of drug-likeness (QED) is 0.341. The van der Waals surface area contributed by atoms with Gasteiger partial charge in [0.1, 0.15) is 6.07 Å². The van der Waals surface area contributed by atoms with Gasteiger partial charge in [0.05, 0.1) is 18.3 Å². The molecule has 0 heterocycles. The number of hydrogen-bond acceptors (Lipinski definition) is 6. The molecule has 0 fully saturated rings. The predicted molar refractivity (Wildman–Crippen MR) is 92.1 cm³/mol. The Bertz CT molecular complexity index is 468. The van der Waals surface area contributed by atoms with Crippen molar-refractivity contribution >= 4 is 0 Å². The molecule has 1 rings (SSSR count). The number of rotatable bonds is 11. The van der Waals surface area contributed by atoms with Crippen LogP contribution >= 0.6 is 0 Å². The van der Waals surface area contributed by atoms with Gasteiger partial charge in [0.15, 0.2) is 6.29 Å². The first kappa shape index (κ1) is 20.7. The molecule has 2 N–H and O–H groups in total. The lowest BCUT2D eigenvalue weighted by Gasteiger charge is -2.20. The number of allylic oxidation sites excluding steroid dienone is 3. The SMILES string of the molecule is COCCCNC1=C/C(=C(/C#N)C(O)OCCC(C)OC)CCC1. The van der Waals surface area contributed by atoms with Crippen LogP contribution in [0.25, 0.3) is 0 Å². The lowest BCUT2D eigenvalue weighted by atomic mass is 9.95. The van der Waals surface area contributed by atoms with Crippen molar-refractivity contribution in [2.75, 3.05) is 34.0 Å². The standard InChI is InChI=1S/C18H30N2O4/c1-14(23-3)8-11-24-18(21)17(13-19)15-6-4-7-16(12-15)20-9-5-10-22-2/h12,14,18,20-21H,4-11H2,1-3H3/b17-15-. The van der Waals surface area contributed by atoms with E-state index in [2.05, 4.69) is 11.4 Å². The van der Waals surface area contributed by atoms with Crippen molar-refractivity contribution in [1.82, 2.24) is 5.32 Å². The van der Waals surface area contributed by atoms with Gasteiger partial charge in [0.2, 0.25) is 0 Å². The van der Waals surface area contributed by atoms with Crippen LogP contribution in [0.4, 0.5) is 0 Å². The summed E-state index contributed by atoms with van der Waals surface area (Å²) in [4.78, 5) is 0. The number of nitrogens with one attached hydrogen (secondary N) is 1. The fraction of sp³-hybridized carbons (Fsp3) is 0.722. The van der Waals surface area contributed by atoms with E-state index in [1.165, 1.54) is 0 Å². The van der Waals surface area contributed by atoms with Crippen molar-refractivity contribution in [3.63, 3.8) is 0 Å². The molecule has 6 heteroatoms. The molecule has 24 heavy (non-hydrogen) atoms. The normalized spacial score (nSPS) is 19.2. The molecule has 0 radical (unpaired) electrons. The van der Waals surface area contributed by atoms with Gasteiger partial charge in [-0.1, -0.05) is 0 Å². The summed E-state index contributed by atoms with van der Waals surface area (Å²) in [5.41, 5.74) is 2.25. The first-order valence-corrected chi connectivity index (χ1v) is 8.51. The van der Waals surface area contributed by atoms with Gasteiger partial charge in [-0.15, -0.1) is 0 Å². The highest BCUT2D eigenvalue weighted by molar-refractivity contribution is 5.39. The zero-order chi connectivity index (χ0) is 17.8. The second-order valence-corrected chi connectivity index (χ2v) is 5.91. The van der Waals surface area contributed by atoms with Crippen LogP contribution in [0.2, 0.25) is 0 Å². The molecular formula is C18H30N2O4. The van der Waals surface area contributed by atoms with Crippen molar-refractivity contribution in [3.05, 3.63) is 22.9 Å². The zero-order valence-electron chi connectivity index (χ0n) is 15.0. The Balaban J connectivity index is 2.63. The van der Waals surface area contributed by atoms with Crippen LogP contribution in [0.1, 0.15) is 39.0 Å². The second kappa shape index (κ2) is 12.0. The molecule has 1 aliphatic rings. The Morgan fingerprint density at radius 2 is 2.17 bits per heavy atom. The van der Waals surface area contributed by atoms with Crippen molar-refractivity contribution in [2.24, 2.45) is 0 Å². The van der Waals surface area contributed by atoms with E-state index in [0.29, 0.717) is 18.6 Å². The molecule has 6 nitrogen and oxygen atoms in total. The minimum Gasteiger partial charge on any atom is -0.388 e. The molecule has 0 spiro atoms. The number of nitrogens with zero attached hydrogens (tertiary/aromatic N) is 1. The molecule has 0 saturated heterocycles. The highest BCUT2D eigenvalue weighted by atomic mass is 16.6. The summed E-state index contributed by atoms with van der Waals surface area (Å²) in [6.45, 7) is 3.84. The van der Waals surface area contributed by atoms with E-state index in [9.17, 15) is 10.4 Å². The van der Waals surface area contributed by atoms with Crippen LogP contribution < -0.4 is 5.32 Å². The summed E-state index contributed by atoms with van der Waals surface area (Å²) in [7, 11) is 3.33. The maximum atomic E-state index is 10.2. The maximum absolute atomic E-state index is 10.2. The molecule has 136 valence electrons. The number of aliphatic hydroxyl groups is 1. The smallest absolute Gasteiger partial charge is 0.191 e. The molecular weight excluding hydrogens is 308 g/mol. The molecule has 0 saturated carbocycles.